The van der Waals surface area contributed by atoms with Crippen LogP contribution in [0.2, 0.25) is 0 Å². The van der Waals surface area contributed by atoms with Crippen molar-refractivity contribution < 1.29 is 23.2 Å². The lowest BCUT2D eigenvalue weighted by molar-refractivity contribution is 0.0270. The molecule has 0 spiro atoms. The van der Waals surface area contributed by atoms with Crippen molar-refractivity contribution in [3.8, 4) is 0 Å². The third-order valence-corrected chi connectivity index (χ3v) is 9.22. The fraction of sp³-hybridized carbons (Fsp3) is 0.565. The highest BCUT2D eigenvalue weighted by Crippen LogP contribution is 2.44. The Kier molecular flexibility index (Phi) is 11.3. The van der Waals surface area contributed by atoms with E-state index in [1.165, 1.54) is 11.7 Å². The molecular formula is C23H35N2O6PS2. The fourth-order valence-corrected chi connectivity index (χ4v) is 6.02. The van der Waals surface area contributed by atoms with Gasteiger partial charge in [-0.25, -0.2) is 9.36 Å². The molecule has 0 radical (unpaired) electrons. The van der Waals surface area contributed by atoms with Gasteiger partial charge < -0.3 is 9.63 Å². The minimum atomic E-state index is -4.26. The largest absolute Gasteiger partial charge is 0.472 e. The van der Waals surface area contributed by atoms with Crippen LogP contribution in [0.1, 0.15) is 51.4 Å². The van der Waals surface area contributed by atoms with Gasteiger partial charge in [0, 0.05) is 34.7 Å². The highest BCUT2D eigenvalue weighted by Gasteiger charge is 2.25. The topological polar surface area (TPSA) is 99.9 Å². The lowest BCUT2D eigenvalue weighted by Crippen LogP contribution is -2.29. The standard InChI is InChI=1S/C23H35N2O6PS2/c1-17-11-13-25(22(26)24-17)18(2)15-20(29-6)16-31-32(27,28)30-14-12-19-9-7-8-10-21(19)33-34-23(3,4)5/h7-11,13,18,20H,12,14-16H2,1-6H3,(H,27,28). The molecule has 1 aromatic carbocycles. The molecular weight excluding hydrogens is 495 g/mol. The summed E-state index contributed by atoms with van der Waals surface area (Å²) in [5, 5.41) is 0. The lowest BCUT2D eigenvalue weighted by atomic mass is 10.1. The number of aromatic nitrogens is 2. The van der Waals surface area contributed by atoms with Crippen LogP contribution in [0.3, 0.4) is 0 Å². The first kappa shape index (κ1) is 29.1. The number of phosphoric ester groups is 1. The summed E-state index contributed by atoms with van der Waals surface area (Å²) in [4.78, 5) is 27.2. The summed E-state index contributed by atoms with van der Waals surface area (Å²) in [6.07, 6.45) is 2.06. The molecule has 0 saturated carbocycles. The van der Waals surface area contributed by atoms with Gasteiger partial charge in [-0.05, 0) is 44.4 Å². The number of hydrogen-bond acceptors (Lipinski definition) is 8. The zero-order valence-electron chi connectivity index (χ0n) is 20.6. The summed E-state index contributed by atoms with van der Waals surface area (Å²) in [5.41, 5.74) is 1.34. The van der Waals surface area contributed by atoms with Crippen LogP contribution in [0.15, 0.2) is 46.2 Å². The van der Waals surface area contributed by atoms with E-state index in [0.717, 1.165) is 10.5 Å². The third-order valence-electron chi connectivity index (χ3n) is 4.78. The Balaban J connectivity index is 1.86. The minimum absolute atomic E-state index is 0.0457. The molecule has 0 aliphatic rings. The second kappa shape index (κ2) is 13.3. The maximum absolute atomic E-state index is 12.4. The molecule has 3 unspecified atom stereocenters. The van der Waals surface area contributed by atoms with Crippen LogP contribution >= 0.6 is 29.4 Å². The molecule has 0 aliphatic carbocycles. The van der Waals surface area contributed by atoms with Gasteiger partial charge in [-0.3, -0.25) is 13.6 Å². The van der Waals surface area contributed by atoms with E-state index in [-0.39, 0.29) is 29.7 Å². The Hall–Kier alpha value is -1.13. The predicted octanol–water partition coefficient (Wildman–Crippen LogP) is 5.43. The molecule has 34 heavy (non-hydrogen) atoms. The van der Waals surface area contributed by atoms with E-state index in [1.807, 2.05) is 31.2 Å². The van der Waals surface area contributed by atoms with Crippen molar-refractivity contribution in [2.45, 2.75) is 69.2 Å². The van der Waals surface area contributed by atoms with Crippen LogP contribution in [0.25, 0.3) is 0 Å². The SMILES string of the molecule is COC(COP(=O)(O)OCCc1ccccc1SSC(C)(C)C)CC(C)n1ccc(C)nc1=O. The van der Waals surface area contributed by atoms with E-state index in [2.05, 4.69) is 25.8 Å². The molecule has 0 bridgehead atoms. The van der Waals surface area contributed by atoms with Gasteiger partial charge in [0.15, 0.2) is 0 Å². The van der Waals surface area contributed by atoms with Gasteiger partial charge in [-0.15, -0.1) is 0 Å². The van der Waals surface area contributed by atoms with Crippen LogP contribution in [0, 0.1) is 6.92 Å². The summed E-state index contributed by atoms with van der Waals surface area (Å²) >= 11 is 0. The first-order valence-corrected chi connectivity index (χ1v) is 14.7. The first-order valence-electron chi connectivity index (χ1n) is 11.0. The van der Waals surface area contributed by atoms with E-state index in [9.17, 15) is 14.3 Å². The smallest absolute Gasteiger partial charge is 0.379 e. The van der Waals surface area contributed by atoms with Crippen LogP contribution in [-0.2, 0) is 24.8 Å². The minimum Gasteiger partial charge on any atom is -0.379 e. The average Bonchev–Trinajstić information content (AvgIpc) is 2.75. The number of phosphoric acid groups is 1. The van der Waals surface area contributed by atoms with Crippen molar-refractivity contribution in [2.75, 3.05) is 20.3 Å². The van der Waals surface area contributed by atoms with Gasteiger partial charge in [0.05, 0.1) is 19.3 Å². The quantitative estimate of drug-likeness (QED) is 0.268. The van der Waals surface area contributed by atoms with Crippen LogP contribution in [0.5, 0.6) is 0 Å². The molecule has 2 aromatic rings. The molecule has 11 heteroatoms. The number of aryl methyl sites for hydroxylation is 1. The Morgan fingerprint density at radius 2 is 1.91 bits per heavy atom. The summed E-state index contributed by atoms with van der Waals surface area (Å²) in [5.74, 6) is 0. The molecule has 1 heterocycles. The average molecular weight is 531 g/mol. The van der Waals surface area contributed by atoms with Crippen molar-refractivity contribution in [3.63, 3.8) is 0 Å². The maximum atomic E-state index is 12.4. The van der Waals surface area contributed by atoms with Crippen molar-refractivity contribution in [3.05, 3.63) is 58.3 Å². The third kappa shape index (κ3) is 10.2. The Labute approximate surface area is 209 Å². The van der Waals surface area contributed by atoms with Gasteiger partial charge >= 0.3 is 13.5 Å². The van der Waals surface area contributed by atoms with Crippen LogP contribution < -0.4 is 5.69 Å². The molecule has 190 valence electrons. The summed E-state index contributed by atoms with van der Waals surface area (Å²) in [6.45, 7) is 9.97. The predicted molar refractivity (Wildman–Crippen MR) is 138 cm³/mol. The second-order valence-electron chi connectivity index (χ2n) is 8.94. The monoisotopic (exact) mass is 530 g/mol. The number of hydrogen-bond donors (Lipinski definition) is 1. The Bertz CT molecular complexity index is 1030. The van der Waals surface area contributed by atoms with Crippen molar-refractivity contribution in [1.29, 1.82) is 0 Å². The number of nitrogens with zero attached hydrogens (tertiary/aromatic N) is 2. The van der Waals surface area contributed by atoms with E-state index < -0.39 is 13.9 Å². The molecule has 2 rings (SSSR count). The number of rotatable bonds is 13. The molecule has 0 fully saturated rings. The van der Waals surface area contributed by atoms with Crippen molar-refractivity contribution in [1.82, 2.24) is 9.55 Å². The van der Waals surface area contributed by atoms with Gasteiger partial charge in [-0.2, -0.15) is 4.98 Å². The van der Waals surface area contributed by atoms with Gasteiger partial charge in [0.1, 0.15) is 0 Å². The number of ether oxygens (including phenoxy) is 1. The van der Waals surface area contributed by atoms with Crippen LogP contribution in [-0.4, -0.2) is 45.6 Å². The first-order chi connectivity index (χ1) is 15.9. The van der Waals surface area contributed by atoms with Crippen LogP contribution in [0.4, 0.5) is 0 Å². The van der Waals surface area contributed by atoms with Gasteiger partial charge in [0.2, 0.25) is 0 Å². The molecule has 8 nitrogen and oxygen atoms in total. The van der Waals surface area contributed by atoms with Crippen molar-refractivity contribution in [2.24, 2.45) is 0 Å². The molecule has 0 aliphatic heterocycles. The molecule has 1 aromatic heterocycles. The zero-order chi connectivity index (χ0) is 25.4. The summed E-state index contributed by atoms with van der Waals surface area (Å²) < 4.78 is 29.8. The Morgan fingerprint density at radius 1 is 1.21 bits per heavy atom. The number of methoxy groups -OCH3 is 1. The molecule has 0 amide bonds. The molecule has 1 N–H and O–H groups in total. The van der Waals surface area contributed by atoms with Crippen molar-refractivity contribution >= 4 is 29.4 Å². The normalized spacial score (nSPS) is 15.6. The summed E-state index contributed by atoms with van der Waals surface area (Å²) in [6, 6.07) is 9.46. The second-order valence-corrected chi connectivity index (χ2v) is 13.4. The van der Waals surface area contributed by atoms with E-state index >= 15 is 0 Å². The highest BCUT2D eigenvalue weighted by atomic mass is 33.1. The molecule has 0 saturated heterocycles. The molecule has 3 atom stereocenters. The lowest BCUT2D eigenvalue weighted by Gasteiger charge is -2.22. The van der Waals surface area contributed by atoms with E-state index in [1.54, 1.807) is 40.8 Å². The fourth-order valence-electron chi connectivity index (χ4n) is 3.01. The van der Waals surface area contributed by atoms with E-state index in [4.69, 9.17) is 13.8 Å². The zero-order valence-corrected chi connectivity index (χ0v) is 23.1. The highest BCUT2D eigenvalue weighted by molar-refractivity contribution is 8.77. The van der Waals surface area contributed by atoms with Gasteiger partial charge in [-0.1, -0.05) is 60.6 Å². The maximum Gasteiger partial charge on any atom is 0.472 e. The Morgan fingerprint density at radius 3 is 2.56 bits per heavy atom. The summed E-state index contributed by atoms with van der Waals surface area (Å²) in [7, 11) is 0.686. The van der Waals surface area contributed by atoms with Gasteiger partial charge in [0.25, 0.3) is 0 Å². The van der Waals surface area contributed by atoms with E-state index in [0.29, 0.717) is 18.5 Å². The number of benzene rings is 1.